The van der Waals surface area contributed by atoms with Gasteiger partial charge in [-0.3, -0.25) is 9.69 Å². The molecule has 1 aliphatic rings. The summed E-state index contributed by atoms with van der Waals surface area (Å²) in [6.07, 6.45) is 0.896. The van der Waals surface area contributed by atoms with Gasteiger partial charge >= 0.3 is 0 Å². The molecule has 0 aliphatic carbocycles. The Kier molecular flexibility index (Phi) is 15.8. The van der Waals surface area contributed by atoms with Crippen LogP contribution in [0.4, 0.5) is 0 Å². The molecule has 0 aromatic rings. The van der Waals surface area contributed by atoms with Gasteiger partial charge in [-0.1, -0.05) is 13.8 Å². The summed E-state index contributed by atoms with van der Waals surface area (Å²) in [7, 11) is 3.49. The molecule has 8 nitrogen and oxygen atoms in total. The molecule has 0 aromatic carbocycles. The van der Waals surface area contributed by atoms with E-state index in [4.69, 9.17) is 9.47 Å². The van der Waals surface area contributed by atoms with E-state index in [1.165, 1.54) is 0 Å². The summed E-state index contributed by atoms with van der Waals surface area (Å²) in [5.74, 6) is 1.18. The molecule has 1 atom stereocenters. The van der Waals surface area contributed by atoms with E-state index >= 15 is 0 Å². The van der Waals surface area contributed by atoms with Crippen LogP contribution in [0.25, 0.3) is 0 Å². The molecule has 0 radical (unpaired) electrons. The zero-order valence-electron chi connectivity index (χ0n) is 18.2. The zero-order valence-corrected chi connectivity index (χ0v) is 20.5. The highest BCUT2D eigenvalue weighted by Gasteiger charge is 2.23. The number of rotatable bonds is 11. The highest BCUT2D eigenvalue weighted by molar-refractivity contribution is 14.0. The van der Waals surface area contributed by atoms with Crippen LogP contribution in [0.1, 0.15) is 27.2 Å². The van der Waals surface area contributed by atoms with Crippen LogP contribution in [0.2, 0.25) is 0 Å². The van der Waals surface area contributed by atoms with Crippen molar-refractivity contribution in [2.75, 3.05) is 73.2 Å². The maximum Gasteiger partial charge on any atom is 0.243 e. The number of hydrogen-bond donors (Lipinski definition) is 2. The number of amides is 1. The summed E-state index contributed by atoms with van der Waals surface area (Å²) >= 11 is 0. The van der Waals surface area contributed by atoms with Gasteiger partial charge in [-0.15, -0.1) is 24.0 Å². The van der Waals surface area contributed by atoms with Gasteiger partial charge in [-0.05, 0) is 19.3 Å². The summed E-state index contributed by atoms with van der Waals surface area (Å²) < 4.78 is 10.9. The molecule has 1 fully saturated rings. The first-order valence-electron chi connectivity index (χ1n) is 10.1. The Morgan fingerprint density at radius 1 is 1.25 bits per heavy atom. The van der Waals surface area contributed by atoms with Gasteiger partial charge < -0.3 is 25.0 Å². The number of nitrogens with one attached hydrogen (secondary N) is 2. The van der Waals surface area contributed by atoms with E-state index in [1.54, 1.807) is 19.0 Å². The monoisotopic (exact) mass is 513 g/mol. The fraction of sp³-hybridized carbons (Fsp3) is 0.895. The molecule has 1 unspecified atom stereocenters. The second-order valence-electron chi connectivity index (χ2n) is 7.27. The Labute approximate surface area is 187 Å². The lowest BCUT2D eigenvalue weighted by atomic mass is 10.0. The molecule has 1 saturated heterocycles. The summed E-state index contributed by atoms with van der Waals surface area (Å²) in [5, 5.41) is 6.74. The first kappa shape index (κ1) is 27.4. The Balaban J connectivity index is 0.00000729. The summed E-state index contributed by atoms with van der Waals surface area (Å²) in [5.41, 5.74) is 0. The van der Waals surface area contributed by atoms with Gasteiger partial charge in [0.05, 0.1) is 13.2 Å². The molecular formula is C19H40IN5O3. The van der Waals surface area contributed by atoms with Gasteiger partial charge in [0.25, 0.3) is 0 Å². The van der Waals surface area contributed by atoms with Gasteiger partial charge in [-0.25, -0.2) is 4.99 Å². The molecule has 1 rings (SSSR count). The van der Waals surface area contributed by atoms with Crippen LogP contribution in [0.15, 0.2) is 4.99 Å². The average Bonchev–Trinajstić information content (AvgIpc) is 2.65. The summed E-state index contributed by atoms with van der Waals surface area (Å²) in [6, 6.07) is 0.397. The second-order valence-corrected chi connectivity index (χ2v) is 7.27. The molecule has 2 N–H and O–H groups in total. The van der Waals surface area contributed by atoms with Crippen LogP contribution < -0.4 is 10.6 Å². The lowest BCUT2D eigenvalue weighted by Gasteiger charge is -2.37. The lowest BCUT2D eigenvalue weighted by molar-refractivity contribution is -0.127. The van der Waals surface area contributed by atoms with Crippen molar-refractivity contribution >= 4 is 35.8 Å². The Hall–Kier alpha value is -0.650. The van der Waals surface area contributed by atoms with Crippen molar-refractivity contribution < 1.29 is 14.3 Å². The van der Waals surface area contributed by atoms with Crippen molar-refractivity contribution in [1.29, 1.82) is 0 Å². The van der Waals surface area contributed by atoms with Crippen molar-refractivity contribution in [3.8, 4) is 0 Å². The van der Waals surface area contributed by atoms with Crippen molar-refractivity contribution in [3.05, 3.63) is 0 Å². The molecular weight excluding hydrogens is 473 g/mol. The van der Waals surface area contributed by atoms with E-state index in [-0.39, 0.29) is 36.4 Å². The van der Waals surface area contributed by atoms with Gasteiger partial charge in [0.2, 0.25) is 5.91 Å². The van der Waals surface area contributed by atoms with E-state index in [2.05, 4.69) is 34.4 Å². The largest absolute Gasteiger partial charge is 0.382 e. The maximum absolute atomic E-state index is 11.9. The minimum absolute atomic E-state index is 0. The number of aliphatic imine (C=N–C) groups is 1. The maximum atomic E-state index is 11.9. The predicted octanol–water partition coefficient (Wildman–Crippen LogP) is 1.01. The number of carbonyl (C=O) groups excluding carboxylic acids is 1. The van der Waals surface area contributed by atoms with Crippen LogP contribution in [0, 0.1) is 5.92 Å². The number of likely N-dealkylation sites (N-methyl/N-ethyl adjacent to an activating group) is 1. The van der Waals surface area contributed by atoms with E-state index in [9.17, 15) is 4.79 Å². The van der Waals surface area contributed by atoms with E-state index in [0.29, 0.717) is 17.9 Å². The van der Waals surface area contributed by atoms with Crippen LogP contribution in [0.5, 0.6) is 0 Å². The van der Waals surface area contributed by atoms with Crippen molar-refractivity contribution in [2.24, 2.45) is 10.9 Å². The number of hydrogen-bond acceptors (Lipinski definition) is 5. The first-order chi connectivity index (χ1) is 13.0. The highest BCUT2D eigenvalue weighted by atomic mass is 127. The predicted molar refractivity (Wildman–Crippen MR) is 125 cm³/mol. The third kappa shape index (κ3) is 11.4. The number of nitrogens with zero attached hydrogens (tertiary/aromatic N) is 3. The lowest BCUT2D eigenvalue weighted by Crippen LogP contribution is -2.52. The fourth-order valence-electron chi connectivity index (χ4n) is 2.88. The molecule has 1 heterocycles. The van der Waals surface area contributed by atoms with E-state index in [1.807, 2.05) is 6.92 Å². The Morgan fingerprint density at radius 2 is 1.93 bits per heavy atom. The van der Waals surface area contributed by atoms with Gasteiger partial charge in [0, 0.05) is 59.5 Å². The highest BCUT2D eigenvalue weighted by Crippen LogP contribution is 2.12. The van der Waals surface area contributed by atoms with Crippen molar-refractivity contribution in [2.45, 2.75) is 33.2 Å². The normalized spacial score (nSPS) is 16.4. The topological polar surface area (TPSA) is 78.4 Å². The summed E-state index contributed by atoms with van der Waals surface area (Å²) in [4.78, 5) is 20.4. The molecule has 1 aliphatic heterocycles. The molecule has 0 spiro atoms. The van der Waals surface area contributed by atoms with Gasteiger partial charge in [0.15, 0.2) is 5.96 Å². The van der Waals surface area contributed by atoms with E-state index in [0.717, 1.165) is 59.0 Å². The number of guanidine groups is 1. The zero-order chi connectivity index (χ0) is 20.1. The van der Waals surface area contributed by atoms with Crippen LogP contribution in [0.3, 0.4) is 0 Å². The second kappa shape index (κ2) is 16.2. The van der Waals surface area contributed by atoms with Crippen molar-refractivity contribution in [3.63, 3.8) is 0 Å². The standard InChI is InChI=1S/C19H39N5O3.HI/c1-6-26-11-7-8-20-19(22-15-18(25)23(4)5)21-14-17(16(2)3)24-9-12-27-13-10-24;/h16-17H,6-15H2,1-5H3,(H2,20,21,22);1H. The molecule has 0 bridgehead atoms. The van der Waals surface area contributed by atoms with E-state index < -0.39 is 0 Å². The Morgan fingerprint density at radius 3 is 2.50 bits per heavy atom. The van der Waals surface area contributed by atoms with Crippen molar-refractivity contribution in [1.82, 2.24) is 20.4 Å². The van der Waals surface area contributed by atoms with Crippen LogP contribution in [-0.4, -0.2) is 101 Å². The molecule has 166 valence electrons. The number of halogens is 1. The molecule has 0 aromatic heterocycles. The quantitative estimate of drug-likeness (QED) is 0.186. The SMILES string of the molecule is CCOCCCNC(=NCC(=O)N(C)C)NCC(C(C)C)N1CCOCC1.I. The average molecular weight is 513 g/mol. The van der Waals surface area contributed by atoms with Crippen LogP contribution >= 0.6 is 24.0 Å². The van der Waals surface area contributed by atoms with Crippen LogP contribution in [-0.2, 0) is 14.3 Å². The van der Waals surface area contributed by atoms with Gasteiger partial charge in [-0.2, -0.15) is 0 Å². The number of carbonyl (C=O) groups is 1. The van der Waals surface area contributed by atoms with Gasteiger partial charge in [0.1, 0.15) is 6.54 Å². The minimum atomic E-state index is -0.0148. The molecule has 1 amide bonds. The minimum Gasteiger partial charge on any atom is -0.382 e. The smallest absolute Gasteiger partial charge is 0.243 e. The number of morpholine rings is 1. The summed E-state index contributed by atoms with van der Waals surface area (Å²) in [6.45, 7) is 13.1. The first-order valence-corrected chi connectivity index (χ1v) is 10.1. The molecule has 0 saturated carbocycles. The number of ether oxygens (including phenoxy) is 2. The third-order valence-electron chi connectivity index (χ3n) is 4.60. The third-order valence-corrected chi connectivity index (χ3v) is 4.60. The fourth-order valence-corrected chi connectivity index (χ4v) is 2.88. The molecule has 9 heteroatoms. The molecule has 28 heavy (non-hydrogen) atoms. The Bertz CT molecular complexity index is 443.